The first-order valence-corrected chi connectivity index (χ1v) is 10.00. The second kappa shape index (κ2) is 7.25. The summed E-state index contributed by atoms with van der Waals surface area (Å²) in [5, 5.41) is 18.4. The summed E-state index contributed by atoms with van der Waals surface area (Å²) < 4.78 is 0. The third kappa shape index (κ3) is 3.52. The Balaban J connectivity index is 1.52. The van der Waals surface area contributed by atoms with Crippen molar-refractivity contribution in [1.29, 1.82) is 0 Å². The van der Waals surface area contributed by atoms with E-state index in [4.69, 9.17) is 0 Å². The van der Waals surface area contributed by atoms with Gasteiger partial charge in [0.25, 0.3) is 0 Å². The van der Waals surface area contributed by atoms with Gasteiger partial charge in [-0.15, -0.1) is 0 Å². The lowest BCUT2D eigenvalue weighted by Crippen LogP contribution is -2.47. The van der Waals surface area contributed by atoms with Gasteiger partial charge < -0.3 is 15.3 Å². The standard InChI is InChI=1S/C20H22N4O2S/c1-20(26,14-8-10-27-11-14)12-21-19(25)17-7-4-9-24(17)18-15-5-2-3-6-16(15)22-13-23-18/h2-3,5-6,8,10-11,13,17,26H,4,7,9,12H2,1H3,(H,21,25)/t17-,20-/m1/s1. The molecule has 1 aliphatic heterocycles. The number of aromatic nitrogens is 2. The minimum atomic E-state index is -1.08. The summed E-state index contributed by atoms with van der Waals surface area (Å²) in [7, 11) is 0. The molecule has 0 bridgehead atoms. The van der Waals surface area contributed by atoms with Crippen LogP contribution in [0, 0.1) is 0 Å². The van der Waals surface area contributed by atoms with Crippen molar-refractivity contribution >= 4 is 34.0 Å². The van der Waals surface area contributed by atoms with Crippen molar-refractivity contribution in [2.45, 2.75) is 31.4 Å². The fourth-order valence-electron chi connectivity index (χ4n) is 3.56. The zero-order chi connectivity index (χ0) is 18.9. The molecule has 0 saturated carbocycles. The van der Waals surface area contributed by atoms with E-state index in [0.29, 0.717) is 0 Å². The molecule has 3 aromatic rings. The molecule has 2 N–H and O–H groups in total. The van der Waals surface area contributed by atoms with E-state index < -0.39 is 5.60 Å². The molecule has 3 heterocycles. The first kappa shape index (κ1) is 17.9. The highest BCUT2D eigenvalue weighted by atomic mass is 32.1. The number of carbonyl (C=O) groups excluding carboxylic acids is 1. The lowest BCUT2D eigenvalue weighted by molar-refractivity contribution is -0.123. The van der Waals surface area contributed by atoms with Crippen LogP contribution >= 0.6 is 11.3 Å². The van der Waals surface area contributed by atoms with Gasteiger partial charge in [0.15, 0.2) is 0 Å². The molecule has 1 amide bonds. The molecule has 140 valence electrons. The molecule has 2 aromatic heterocycles. The van der Waals surface area contributed by atoms with Crippen molar-refractivity contribution in [2.75, 3.05) is 18.0 Å². The van der Waals surface area contributed by atoms with Crippen LogP contribution in [0.3, 0.4) is 0 Å². The number of fused-ring (bicyclic) bond motifs is 1. The summed E-state index contributed by atoms with van der Waals surface area (Å²) in [4.78, 5) is 23.7. The molecule has 0 aliphatic carbocycles. The van der Waals surface area contributed by atoms with Gasteiger partial charge >= 0.3 is 0 Å². The molecule has 6 nitrogen and oxygen atoms in total. The molecule has 0 spiro atoms. The highest BCUT2D eigenvalue weighted by Crippen LogP contribution is 2.29. The molecule has 1 aliphatic rings. The van der Waals surface area contributed by atoms with E-state index in [1.54, 1.807) is 13.3 Å². The number of thiophene rings is 1. The Kier molecular flexibility index (Phi) is 4.80. The van der Waals surface area contributed by atoms with Gasteiger partial charge in [-0.05, 0) is 54.3 Å². The Bertz CT molecular complexity index is 937. The minimum absolute atomic E-state index is 0.0781. The summed E-state index contributed by atoms with van der Waals surface area (Å²) in [5.41, 5.74) is 0.604. The predicted octanol–water partition coefficient (Wildman–Crippen LogP) is 2.68. The summed E-state index contributed by atoms with van der Waals surface area (Å²) in [6.45, 7) is 2.68. The Morgan fingerprint density at radius 1 is 1.37 bits per heavy atom. The molecular formula is C20H22N4O2S. The van der Waals surface area contributed by atoms with Crippen molar-refractivity contribution in [3.8, 4) is 0 Å². The first-order chi connectivity index (χ1) is 13.1. The number of hydrogen-bond donors (Lipinski definition) is 2. The molecule has 7 heteroatoms. The van der Waals surface area contributed by atoms with Gasteiger partial charge in [-0.2, -0.15) is 11.3 Å². The van der Waals surface area contributed by atoms with E-state index in [2.05, 4.69) is 20.2 Å². The van der Waals surface area contributed by atoms with E-state index in [9.17, 15) is 9.90 Å². The Labute approximate surface area is 161 Å². The second-order valence-corrected chi connectivity index (χ2v) is 7.85. The SMILES string of the molecule is C[C@@](O)(CNC(=O)[C@H]1CCCN1c1ncnc2ccccc12)c1ccsc1. The maximum Gasteiger partial charge on any atom is 0.242 e. The highest BCUT2D eigenvalue weighted by Gasteiger charge is 2.34. The third-order valence-electron chi connectivity index (χ3n) is 5.10. The fraction of sp³-hybridized carbons (Fsp3) is 0.350. The van der Waals surface area contributed by atoms with Gasteiger partial charge in [-0.25, -0.2) is 9.97 Å². The van der Waals surface area contributed by atoms with Gasteiger partial charge in [0.05, 0.1) is 12.1 Å². The van der Waals surface area contributed by atoms with Gasteiger partial charge in [0, 0.05) is 11.9 Å². The van der Waals surface area contributed by atoms with Crippen molar-refractivity contribution in [1.82, 2.24) is 15.3 Å². The van der Waals surface area contributed by atoms with Crippen LogP contribution in [0.5, 0.6) is 0 Å². The number of nitrogens with one attached hydrogen (secondary N) is 1. The van der Waals surface area contributed by atoms with E-state index in [1.807, 2.05) is 41.1 Å². The molecule has 1 aromatic carbocycles. The molecule has 0 unspecified atom stereocenters. The van der Waals surface area contributed by atoms with Gasteiger partial charge in [0.2, 0.25) is 5.91 Å². The number of carbonyl (C=O) groups is 1. The van der Waals surface area contributed by atoms with Crippen LogP contribution in [0.1, 0.15) is 25.3 Å². The summed E-state index contributed by atoms with van der Waals surface area (Å²) >= 11 is 1.53. The van der Waals surface area contributed by atoms with Gasteiger partial charge in [-0.3, -0.25) is 4.79 Å². The van der Waals surface area contributed by atoms with Crippen molar-refractivity contribution in [2.24, 2.45) is 0 Å². The third-order valence-corrected chi connectivity index (χ3v) is 5.78. The normalized spacial score (nSPS) is 19.2. The number of hydrogen-bond acceptors (Lipinski definition) is 6. The van der Waals surface area contributed by atoms with Crippen LogP contribution in [0.15, 0.2) is 47.4 Å². The van der Waals surface area contributed by atoms with Crippen LogP contribution in [0.4, 0.5) is 5.82 Å². The topological polar surface area (TPSA) is 78.4 Å². The first-order valence-electron chi connectivity index (χ1n) is 9.05. The number of para-hydroxylation sites is 1. The van der Waals surface area contributed by atoms with Crippen molar-refractivity contribution in [3.05, 3.63) is 53.0 Å². The molecule has 2 atom stereocenters. The predicted molar refractivity (Wildman–Crippen MR) is 107 cm³/mol. The Morgan fingerprint density at radius 3 is 3.04 bits per heavy atom. The molecule has 1 saturated heterocycles. The summed E-state index contributed by atoms with van der Waals surface area (Å²) in [6.07, 6.45) is 3.24. The number of rotatable bonds is 5. The molecule has 0 radical (unpaired) electrons. The van der Waals surface area contributed by atoms with Crippen LogP contribution in [-0.2, 0) is 10.4 Å². The average Bonchev–Trinajstić information content (AvgIpc) is 3.38. The monoisotopic (exact) mass is 382 g/mol. The minimum Gasteiger partial charge on any atom is -0.384 e. The Hall–Kier alpha value is -2.51. The van der Waals surface area contributed by atoms with E-state index in [0.717, 1.165) is 41.7 Å². The van der Waals surface area contributed by atoms with E-state index in [1.165, 1.54) is 11.3 Å². The quantitative estimate of drug-likeness (QED) is 0.709. The van der Waals surface area contributed by atoms with Crippen LogP contribution < -0.4 is 10.2 Å². The number of benzene rings is 1. The zero-order valence-corrected chi connectivity index (χ0v) is 15.9. The molecule has 1 fully saturated rings. The van der Waals surface area contributed by atoms with Crippen LogP contribution in [-0.4, -0.2) is 40.1 Å². The van der Waals surface area contributed by atoms with Gasteiger partial charge in [-0.1, -0.05) is 12.1 Å². The van der Waals surface area contributed by atoms with Crippen LogP contribution in [0.2, 0.25) is 0 Å². The summed E-state index contributed by atoms with van der Waals surface area (Å²) in [6, 6.07) is 9.43. The molecule has 4 rings (SSSR count). The Morgan fingerprint density at radius 2 is 2.22 bits per heavy atom. The highest BCUT2D eigenvalue weighted by molar-refractivity contribution is 7.08. The smallest absolute Gasteiger partial charge is 0.242 e. The van der Waals surface area contributed by atoms with E-state index >= 15 is 0 Å². The largest absolute Gasteiger partial charge is 0.384 e. The lowest BCUT2D eigenvalue weighted by atomic mass is 9.99. The number of nitrogens with zero attached hydrogens (tertiary/aromatic N) is 3. The lowest BCUT2D eigenvalue weighted by Gasteiger charge is -2.28. The maximum absolute atomic E-state index is 12.9. The zero-order valence-electron chi connectivity index (χ0n) is 15.1. The average molecular weight is 382 g/mol. The van der Waals surface area contributed by atoms with Crippen LogP contribution in [0.25, 0.3) is 10.9 Å². The van der Waals surface area contributed by atoms with Crippen molar-refractivity contribution in [3.63, 3.8) is 0 Å². The van der Waals surface area contributed by atoms with Gasteiger partial charge in [0.1, 0.15) is 23.8 Å². The van der Waals surface area contributed by atoms with Crippen molar-refractivity contribution < 1.29 is 9.90 Å². The molecular weight excluding hydrogens is 360 g/mol. The maximum atomic E-state index is 12.9. The fourth-order valence-corrected chi connectivity index (χ4v) is 4.35. The van der Waals surface area contributed by atoms with E-state index in [-0.39, 0.29) is 18.5 Å². The molecule has 27 heavy (non-hydrogen) atoms. The number of amides is 1. The second-order valence-electron chi connectivity index (χ2n) is 7.07. The number of anilines is 1. The summed E-state index contributed by atoms with van der Waals surface area (Å²) in [5.74, 6) is 0.716. The number of aliphatic hydroxyl groups is 1.